The van der Waals surface area contributed by atoms with Crippen molar-refractivity contribution in [2.75, 3.05) is 13.2 Å². The Balaban J connectivity index is 1.37. The van der Waals surface area contributed by atoms with E-state index in [2.05, 4.69) is 16.0 Å². The smallest absolute Gasteiger partial charge is 0.118 e. The molecule has 2 fully saturated rings. The number of furan rings is 1. The highest BCUT2D eigenvalue weighted by Gasteiger charge is 2.43. The first kappa shape index (κ1) is 15.8. The van der Waals surface area contributed by atoms with Crippen molar-refractivity contribution in [1.29, 1.82) is 0 Å². The molecule has 2 aromatic rings. The van der Waals surface area contributed by atoms with E-state index >= 15 is 0 Å². The molecule has 24 heavy (non-hydrogen) atoms. The molecule has 3 heterocycles. The van der Waals surface area contributed by atoms with E-state index in [-0.39, 0.29) is 12.2 Å². The third kappa shape index (κ3) is 3.38. The first-order chi connectivity index (χ1) is 11.8. The molecule has 128 valence electrons. The quantitative estimate of drug-likeness (QED) is 0.844. The fourth-order valence-corrected chi connectivity index (χ4v) is 3.82. The van der Waals surface area contributed by atoms with E-state index in [4.69, 9.17) is 13.9 Å². The van der Waals surface area contributed by atoms with Crippen LogP contribution < -0.4 is 0 Å². The van der Waals surface area contributed by atoms with E-state index in [1.54, 1.807) is 6.20 Å². The van der Waals surface area contributed by atoms with Crippen LogP contribution in [-0.2, 0) is 22.6 Å². The second kappa shape index (κ2) is 7.05. The van der Waals surface area contributed by atoms with E-state index in [1.807, 2.05) is 31.3 Å². The van der Waals surface area contributed by atoms with Crippen molar-refractivity contribution < 1.29 is 13.9 Å². The Morgan fingerprint density at radius 1 is 1.29 bits per heavy atom. The van der Waals surface area contributed by atoms with Gasteiger partial charge in [-0.1, -0.05) is 6.07 Å². The highest BCUT2D eigenvalue weighted by atomic mass is 16.5. The average molecular weight is 328 g/mol. The molecule has 2 aliphatic rings. The molecule has 1 saturated heterocycles. The van der Waals surface area contributed by atoms with Gasteiger partial charge in [-0.2, -0.15) is 0 Å². The molecule has 1 aliphatic heterocycles. The van der Waals surface area contributed by atoms with Crippen LogP contribution >= 0.6 is 0 Å². The van der Waals surface area contributed by atoms with Gasteiger partial charge < -0.3 is 13.9 Å². The maximum absolute atomic E-state index is 6.15. The van der Waals surface area contributed by atoms with E-state index < -0.39 is 0 Å². The molecule has 0 N–H and O–H groups in total. The van der Waals surface area contributed by atoms with Crippen LogP contribution in [-0.4, -0.2) is 41.3 Å². The molecule has 0 bridgehead atoms. The molecule has 5 heteroatoms. The summed E-state index contributed by atoms with van der Waals surface area (Å²) in [4.78, 5) is 6.63. The van der Waals surface area contributed by atoms with Gasteiger partial charge in [0.25, 0.3) is 0 Å². The van der Waals surface area contributed by atoms with Gasteiger partial charge in [-0.3, -0.25) is 9.88 Å². The zero-order valence-electron chi connectivity index (χ0n) is 14.1. The maximum atomic E-state index is 6.15. The Labute approximate surface area is 142 Å². The monoisotopic (exact) mass is 328 g/mol. The predicted octanol–water partition coefficient (Wildman–Crippen LogP) is 2.93. The Hall–Kier alpha value is -1.69. The van der Waals surface area contributed by atoms with Crippen molar-refractivity contribution in [3.05, 3.63) is 53.7 Å². The first-order valence-electron chi connectivity index (χ1n) is 8.71. The van der Waals surface area contributed by atoms with E-state index in [9.17, 15) is 0 Å². The summed E-state index contributed by atoms with van der Waals surface area (Å²) in [6.07, 6.45) is 6.13. The molecular weight excluding hydrogens is 304 g/mol. The van der Waals surface area contributed by atoms with Crippen molar-refractivity contribution in [3.63, 3.8) is 0 Å². The SMILES string of the molecule is Cc1ccc(CN2CCO[C@H]3[C@@H](OCc4cccnc4)CC[C@@H]32)o1. The van der Waals surface area contributed by atoms with Gasteiger partial charge in [0.2, 0.25) is 0 Å². The standard InChI is InChI=1S/C19H24N2O3/c1-14-4-5-16(24-14)12-21-9-10-22-19-17(21)6-7-18(19)23-13-15-3-2-8-20-11-15/h2-5,8,11,17-19H,6-7,9-10,12-13H2,1H3/t17-,18-,19+/m0/s1. The van der Waals surface area contributed by atoms with Gasteiger partial charge in [0.15, 0.2) is 0 Å². The largest absolute Gasteiger partial charge is 0.465 e. The molecule has 3 atom stereocenters. The normalized spacial score (nSPS) is 27.3. The van der Waals surface area contributed by atoms with Crippen LogP contribution in [0.15, 0.2) is 41.1 Å². The summed E-state index contributed by atoms with van der Waals surface area (Å²) in [5, 5.41) is 0. The fourth-order valence-electron chi connectivity index (χ4n) is 3.82. The number of ether oxygens (including phenoxy) is 2. The Morgan fingerprint density at radius 3 is 3.04 bits per heavy atom. The molecule has 0 spiro atoms. The van der Waals surface area contributed by atoms with Crippen LogP contribution in [0.4, 0.5) is 0 Å². The Bertz CT molecular complexity index is 658. The fraction of sp³-hybridized carbons (Fsp3) is 0.526. The second-order valence-corrected chi connectivity index (χ2v) is 6.67. The van der Waals surface area contributed by atoms with Crippen LogP contribution in [0.3, 0.4) is 0 Å². The lowest BCUT2D eigenvalue weighted by Gasteiger charge is -2.38. The average Bonchev–Trinajstić information content (AvgIpc) is 3.21. The lowest BCUT2D eigenvalue weighted by molar-refractivity contribution is -0.119. The van der Waals surface area contributed by atoms with Gasteiger partial charge in [0, 0.05) is 25.0 Å². The molecule has 0 amide bonds. The van der Waals surface area contributed by atoms with Gasteiger partial charge in [-0.05, 0) is 43.5 Å². The summed E-state index contributed by atoms with van der Waals surface area (Å²) in [6, 6.07) is 8.52. The number of aryl methyl sites for hydroxylation is 1. The van der Waals surface area contributed by atoms with Crippen LogP contribution in [0.2, 0.25) is 0 Å². The van der Waals surface area contributed by atoms with Gasteiger partial charge in [0.05, 0.1) is 32.0 Å². The molecule has 2 aromatic heterocycles. The highest BCUT2D eigenvalue weighted by Crippen LogP contribution is 2.33. The number of rotatable bonds is 5. The molecule has 1 saturated carbocycles. The zero-order valence-corrected chi connectivity index (χ0v) is 14.1. The molecule has 0 radical (unpaired) electrons. The summed E-state index contributed by atoms with van der Waals surface area (Å²) in [6.45, 7) is 5.16. The number of nitrogens with zero attached hydrogens (tertiary/aromatic N) is 2. The molecule has 5 nitrogen and oxygen atoms in total. The molecule has 0 aromatic carbocycles. The summed E-state index contributed by atoms with van der Waals surface area (Å²) in [5.74, 6) is 2.01. The third-order valence-electron chi connectivity index (χ3n) is 4.99. The second-order valence-electron chi connectivity index (χ2n) is 6.67. The summed E-state index contributed by atoms with van der Waals surface area (Å²) in [5.41, 5.74) is 1.11. The lowest BCUT2D eigenvalue weighted by Crippen LogP contribution is -2.51. The number of pyridine rings is 1. The molecule has 0 unspecified atom stereocenters. The van der Waals surface area contributed by atoms with E-state index in [0.717, 1.165) is 49.6 Å². The Kier molecular flexibility index (Phi) is 4.65. The molecular formula is C19H24N2O3. The van der Waals surface area contributed by atoms with Crippen LogP contribution in [0, 0.1) is 6.92 Å². The minimum atomic E-state index is 0.159. The van der Waals surface area contributed by atoms with E-state index in [1.165, 1.54) is 0 Å². The number of aromatic nitrogens is 1. The summed E-state index contributed by atoms with van der Waals surface area (Å²) in [7, 11) is 0. The van der Waals surface area contributed by atoms with Gasteiger partial charge in [0.1, 0.15) is 11.5 Å². The van der Waals surface area contributed by atoms with Crippen molar-refractivity contribution in [1.82, 2.24) is 9.88 Å². The Morgan fingerprint density at radius 2 is 2.25 bits per heavy atom. The van der Waals surface area contributed by atoms with Crippen LogP contribution in [0.1, 0.15) is 29.9 Å². The van der Waals surface area contributed by atoms with Gasteiger partial charge in [-0.15, -0.1) is 0 Å². The van der Waals surface area contributed by atoms with Gasteiger partial charge in [-0.25, -0.2) is 0 Å². The minimum Gasteiger partial charge on any atom is -0.465 e. The van der Waals surface area contributed by atoms with E-state index in [0.29, 0.717) is 12.6 Å². The number of fused-ring (bicyclic) bond motifs is 1. The highest BCUT2D eigenvalue weighted by molar-refractivity contribution is 5.08. The summed E-state index contributed by atoms with van der Waals surface area (Å²) >= 11 is 0. The summed E-state index contributed by atoms with van der Waals surface area (Å²) < 4.78 is 18.0. The predicted molar refractivity (Wildman–Crippen MR) is 89.4 cm³/mol. The maximum Gasteiger partial charge on any atom is 0.118 e. The number of morpholine rings is 1. The van der Waals surface area contributed by atoms with Gasteiger partial charge >= 0.3 is 0 Å². The number of hydrogen-bond donors (Lipinski definition) is 0. The third-order valence-corrected chi connectivity index (χ3v) is 4.99. The van der Waals surface area contributed by atoms with Crippen molar-refractivity contribution >= 4 is 0 Å². The topological polar surface area (TPSA) is 47.7 Å². The van der Waals surface area contributed by atoms with Crippen molar-refractivity contribution in [2.24, 2.45) is 0 Å². The number of hydrogen-bond acceptors (Lipinski definition) is 5. The van der Waals surface area contributed by atoms with Crippen molar-refractivity contribution in [2.45, 2.75) is 51.2 Å². The van der Waals surface area contributed by atoms with Crippen molar-refractivity contribution in [3.8, 4) is 0 Å². The zero-order chi connectivity index (χ0) is 16.4. The molecule has 4 rings (SSSR count). The van der Waals surface area contributed by atoms with Crippen LogP contribution in [0.5, 0.6) is 0 Å². The first-order valence-corrected chi connectivity index (χ1v) is 8.71. The lowest BCUT2D eigenvalue weighted by atomic mass is 10.1. The minimum absolute atomic E-state index is 0.159. The van der Waals surface area contributed by atoms with Crippen LogP contribution in [0.25, 0.3) is 0 Å². The molecule has 1 aliphatic carbocycles.